The molecule has 1 unspecified atom stereocenters. The van der Waals surface area contributed by atoms with E-state index in [0.717, 1.165) is 10.4 Å². The van der Waals surface area contributed by atoms with E-state index in [1.165, 1.54) is 10.1 Å². The average molecular weight is 364 g/mol. The summed E-state index contributed by atoms with van der Waals surface area (Å²) in [6, 6.07) is 22.0. The van der Waals surface area contributed by atoms with E-state index in [1.807, 2.05) is 49.4 Å². The fraction of sp³-hybridized carbons (Fsp3) is 0.238. The van der Waals surface area contributed by atoms with E-state index in [4.69, 9.17) is 10.00 Å². The van der Waals surface area contributed by atoms with Gasteiger partial charge in [-0.05, 0) is 30.0 Å². The van der Waals surface area contributed by atoms with Gasteiger partial charge in [0.05, 0.1) is 18.5 Å². The van der Waals surface area contributed by atoms with E-state index in [0.29, 0.717) is 13.1 Å². The van der Waals surface area contributed by atoms with Gasteiger partial charge in [0.2, 0.25) is 0 Å². The van der Waals surface area contributed by atoms with Crippen molar-refractivity contribution in [2.75, 3.05) is 6.54 Å². The van der Waals surface area contributed by atoms with Gasteiger partial charge in [0.15, 0.2) is 0 Å². The van der Waals surface area contributed by atoms with Crippen LogP contribution in [0.3, 0.4) is 0 Å². The molecule has 0 N–H and O–H groups in total. The van der Waals surface area contributed by atoms with Gasteiger partial charge in [0, 0.05) is 16.1 Å². The maximum atomic E-state index is 12.6. The van der Waals surface area contributed by atoms with Gasteiger partial charge in [0.25, 0.3) is 0 Å². The van der Waals surface area contributed by atoms with Crippen molar-refractivity contribution in [1.29, 1.82) is 5.26 Å². The molecule has 0 fully saturated rings. The van der Waals surface area contributed by atoms with Crippen molar-refractivity contribution in [3.05, 3.63) is 71.1 Å². The molecule has 0 saturated heterocycles. The molecule has 4 nitrogen and oxygen atoms in total. The molecule has 1 atom stereocenters. The number of carbonyl (C=O) groups excluding carboxylic acids is 1. The van der Waals surface area contributed by atoms with E-state index in [2.05, 4.69) is 24.3 Å². The van der Waals surface area contributed by atoms with Crippen LogP contribution in [0.5, 0.6) is 0 Å². The number of rotatable bonds is 6. The van der Waals surface area contributed by atoms with Gasteiger partial charge in [-0.1, -0.05) is 48.5 Å². The average Bonchev–Trinajstić information content (AvgIpc) is 3.08. The lowest BCUT2D eigenvalue weighted by molar-refractivity contribution is 0.0913. The van der Waals surface area contributed by atoms with Crippen LogP contribution in [0, 0.1) is 17.2 Å². The standard InChI is InChI=1S/C21H20N2O2S/c1-16(12-22)13-23(21(24)25-15-17-7-3-2-4-8-17)14-19-11-18-9-5-6-10-20(18)26-19/h2-11,16H,13-15H2,1H3. The Balaban J connectivity index is 1.71. The number of nitrogens with zero attached hydrogens (tertiary/aromatic N) is 2. The minimum atomic E-state index is -0.395. The van der Waals surface area contributed by atoms with Crippen LogP contribution in [0.15, 0.2) is 60.7 Å². The Morgan fingerprint density at radius 3 is 2.65 bits per heavy atom. The van der Waals surface area contributed by atoms with Crippen molar-refractivity contribution in [1.82, 2.24) is 4.90 Å². The Kier molecular flexibility index (Phi) is 5.88. The van der Waals surface area contributed by atoms with Gasteiger partial charge in [-0.2, -0.15) is 5.26 Å². The Labute approximate surface area is 157 Å². The number of ether oxygens (including phenoxy) is 1. The molecule has 1 heterocycles. The first-order valence-corrected chi connectivity index (χ1v) is 9.30. The van der Waals surface area contributed by atoms with Crippen molar-refractivity contribution in [2.45, 2.75) is 20.1 Å². The number of benzene rings is 2. The summed E-state index contributed by atoms with van der Waals surface area (Å²) in [5, 5.41) is 10.3. The predicted molar refractivity (Wildman–Crippen MR) is 104 cm³/mol. The number of carbonyl (C=O) groups is 1. The molecule has 3 rings (SSSR count). The molecule has 0 spiro atoms. The quantitative estimate of drug-likeness (QED) is 0.604. The molecule has 0 aliphatic carbocycles. The van der Waals surface area contributed by atoms with Crippen LogP contribution in [-0.4, -0.2) is 17.5 Å². The van der Waals surface area contributed by atoms with Crippen LogP contribution in [0.4, 0.5) is 4.79 Å². The zero-order valence-corrected chi connectivity index (χ0v) is 15.4. The second-order valence-corrected chi connectivity index (χ2v) is 7.37. The van der Waals surface area contributed by atoms with Crippen molar-refractivity contribution in [3.8, 4) is 6.07 Å². The number of hydrogen-bond acceptors (Lipinski definition) is 4. The molecule has 3 aromatic rings. The monoisotopic (exact) mass is 364 g/mol. The summed E-state index contributed by atoms with van der Waals surface area (Å²) in [4.78, 5) is 15.3. The van der Waals surface area contributed by atoms with Crippen LogP contribution in [0.25, 0.3) is 10.1 Å². The van der Waals surface area contributed by atoms with E-state index in [-0.39, 0.29) is 12.5 Å². The SMILES string of the molecule is CC(C#N)CN(Cc1cc2ccccc2s1)C(=O)OCc1ccccc1. The molecule has 1 aromatic heterocycles. The van der Waals surface area contributed by atoms with Gasteiger partial charge in [-0.25, -0.2) is 4.79 Å². The number of thiophene rings is 1. The third-order valence-corrected chi connectivity index (χ3v) is 5.10. The summed E-state index contributed by atoms with van der Waals surface area (Å²) in [6.45, 7) is 2.82. The lowest BCUT2D eigenvalue weighted by Gasteiger charge is -2.22. The highest BCUT2D eigenvalue weighted by molar-refractivity contribution is 7.19. The van der Waals surface area contributed by atoms with Gasteiger partial charge in [-0.15, -0.1) is 11.3 Å². The molecule has 0 radical (unpaired) electrons. The summed E-state index contributed by atoms with van der Waals surface area (Å²) in [7, 11) is 0. The van der Waals surface area contributed by atoms with Gasteiger partial charge >= 0.3 is 6.09 Å². The summed E-state index contributed by atoms with van der Waals surface area (Å²) in [6.07, 6.45) is -0.395. The summed E-state index contributed by atoms with van der Waals surface area (Å²) >= 11 is 1.66. The zero-order chi connectivity index (χ0) is 18.4. The minimum Gasteiger partial charge on any atom is -0.445 e. The van der Waals surface area contributed by atoms with Crippen LogP contribution in [0.1, 0.15) is 17.4 Å². The highest BCUT2D eigenvalue weighted by Crippen LogP contribution is 2.26. The fourth-order valence-electron chi connectivity index (χ4n) is 2.69. The lowest BCUT2D eigenvalue weighted by Crippen LogP contribution is -2.34. The first-order chi connectivity index (χ1) is 12.7. The van der Waals surface area contributed by atoms with Crippen molar-refractivity contribution >= 4 is 27.5 Å². The normalized spacial score (nSPS) is 11.7. The minimum absolute atomic E-state index is 0.226. The number of nitriles is 1. The molecule has 132 valence electrons. The van der Waals surface area contributed by atoms with Crippen LogP contribution >= 0.6 is 11.3 Å². The predicted octanol–water partition coefficient (Wildman–Crippen LogP) is 5.20. The molecule has 1 amide bonds. The smallest absolute Gasteiger partial charge is 0.410 e. The molecule has 0 saturated carbocycles. The highest BCUT2D eigenvalue weighted by Gasteiger charge is 2.19. The molecule has 0 aliphatic rings. The largest absolute Gasteiger partial charge is 0.445 e. The number of hydrogen-bond donors (Lipinski definition) is 0. The fourth-order valence-corrected chi connectivity index (χ4v) is 3.77. The van der Waals surface area contributed by atoms with Gasteiger partial charge in [0.1, 0.15) is 6.61 Å². The molecule has 5 heteroatoms. The molecule has 0 aliphatic heterocycles. The second-order valence-electron chi connectivity index (χ2n) is 6.20. The third-order valence-electron chi connectivity index (χ3n) is 4.00. The van der Waals surface area contributed by atoms with E-state index in [9.17, 15) is 4.79 Å². The Morgan fingerprint density at radius 1 is 1.19 bits per heavy atom. The third kappa shape index (κ3) is 4.62. The van der Waals surface area contributed by atoms with Crippen LogP contribution in [-0.2, 0) is 17.9 Å². The van der Waals surface area contributed by atoms with Crippen LogP contribution in [0.2, 0.25) is 0 Å². The first kappa shape index (κ1) is 18.0. The van der Waals surface area contributed by atoms with E-state index in [1.54, 1.807) is 16.2 Å². The lowest BCUT2D eigenvalue weighted by atomic mass is 10.2. The molecule has 26 heavy (non-hydrogen) atoms. The van der Waals surface area contributed by atoms with Gasteiger partial charge < -0.3 is 9.64 Å². The van der Waals surface area contributed by atoms with Crippen molar-refractivity contribution in [2.24, 2.45) is 5.92 Å². The topological polar surface area (TPSA) is 53.3 Å². The number of fused-ring (bicyclic) bond motifs is 1. The van der Waals surface area contributed by atoms with E-state index >= 15 is 0 Å². The maximum absolute atomic E-state index is 12.6. The second kappa shape index (κ2) is 8.50. The first-order valence-electron chi connectivity index (χ1n) is 8.48. The van der Waals surface area contributed by atoms with Crippen molar-refractivity contribution in [3.63, 3.8) is 0 Å². The Hall–Kier alpha value is -2.84. The molecular formula is C21H20N2O2S. The Morgan fingerprint density at radius 2 is 1.92 bits per heavy atom. The highest BCUT2D eigenvalue weighted by atomic mass is 32.1. The summed E-state index contributed by atoms with van der Waals surface area (Å²) < 4.78 is 6.65. The summed E-state index contributed by atoms with van der Waals surface area (Å²) in [5.74, 6) is -0.256. The Bertz CT molecular complexity index is 881. The number of amides is 1. The van der Waals surface area contributed by atoms with Crippen molar-refractivity contribution < 1.29 is 9.53 Å². The summed E-state index contributed by atoms with van der Waals surface area (Å²) in [5.41, 5.74) is 0.941. The van der Waals surface area contributed by atoms with Crippen LogP contribution < -0.4 is 0 Å². The van der Waals surface area contributed by atoms with Gasteiger partial charge in [-0.3, -0.25) is 0 Å². The maximum Gasteiger partial charge on any atom is 0.410 e. The van der Waals surface area contributed by atoms with E-state index < -0.39 is 6.09 Å². The molecule has 2 aromatic carbocycles. The molecule has 0 bridgehead atoms. The molecular weight excluding hydrogens is 344 g/mol. The zero-order valence-electron chi connectivity index (χ0n) is 14.6.